The highest BCUT2D eigenvalue weighted by molar-refractivity contribution is 5.85. The van der Waals surface area contributed by atoms with E-state index < -0.39 is 6.55 Å². The van der Waals surface area contributed by atoms with Crippen molar-refractivity contribution in [2.75, 3.05) is 13.1 Å². The predicted molar refractivity (Wildman–Crippen MR) is 70.6 cm³/mol. The number of carbonyl (C=O) groups excluding carboxylic acids is 1. The fourth-order valence-corrected chi connectivity index (χ4v) is 1.70. The molecule has 0 saturated carbocycles. The van der Waals surface area contributed by atoms with Gasteiger partial charge < -0.3 is 11.1 Å². The molecule has 19 heavy (non-hydrogen) atoms. The number of rotatable bonds is 6. The minimum absolute atomic E-state index is 0. The zero-order chi connectivity index (χ0) is 13.7. The quantitative estimate of drug-likeness (QED) is 0.778. The number of carbonyl (C=O) groups is 1. The summed E-state index contributed by atoms with van der Waals surface area (Å²) in [5, 5.41) is 6.41. The second-order valence-electron chi connectivity index (χ2n) is 4.04. The average molecular weight is 297 g/mol. The Morgan fingerprint density at radius 3 is 2.58 bits per heavy atom. The summed E-state index contributed by atoms with van der Waals surface area (Å²) in [6.07, 6.45) is 0.759. The molecule has 8 heteroatoms. The fraction of sp³-hybridized carbons (Fsp3) is 0.636. The number of hydrogen-bond acceptors (Lipinski definition) is 3. The van der Waals surface area contributed by atoms with Gasteiger partial charge in [-0.2, -0.15) is 13.9 Å². The van der Waals surface area contributed by atoms with E-state index in [1.54, 1.807) is 6.92 Å². The highest BCUT2D eigenvalue weighted by Gasteiger charge is 2.18. The lowest BCUT2D eigenvalue weighted by Gasteiger charge is -2.05. The van der Waals surface area contributed by atoms with Crippen LogP contribution in [0.3, 0.4) is 0 Å². The van der Waals surface area contributed by atoms with Crippen molar-refractivity contribution < 1.29 is 13.6 Å². The smallest absolute Gasteiger partial charge is 0.333 e. The average Bonchev–Trinajstić information content (AvgIpc) is 2.57. The molecule has 0 aromatic carbocycles. The molecule has 1 aromatic heterocycles. The molecule has 1 heterocycles. The third-order valence-corrected chi connectivity index (χ3v) is 2.70. The van der Waals surface area contributed by atoms with E-state index in [2.05, 4.69) is 10.4 Å². The number of nitrogens with zero attached hydrogens (tertiary/aromatic N) is 2. The van der Waals surface area contributed by atoms with Gasteiger partial charge in [0, 0.05) is 17.8 Å². The topological polar surface area (TPSA) is 72.9 Å². The van der Waals surface area contributed by atoms with Crippen molar-refractivity contribution in [1.82, 2.24) is 15.1 Å². The Bertz CT molecular complexity index is 423. The van der Waals surface area contributed by atoms with Crippen molar-refractivity contribution in [3.05, 3.63) is 17.0 Å². The Morgan fingerprint density at radius 1 is 1.47 bits per heavy atom. The number of nitrogens with two attached hydrogens (primary N) is 1. The largest absolute Gasteiger partial charge is 0.356 e. The molecule has 1 amide bonds. The third-order valence-electron chi connectivity index (χ3n) is 2.70. The number of aryl methyl sites for hydroxylation is 1. The van der Waals surface area contributed by atoms with Gasteiger partial charge in [0.15, 0.2) is 0 Å². The number of nitrogens with one attached hydrogen (secondary N) is 1. The molecule has 0 saturated heterocycles. The summed E-state index contributed by atoms with van der Waals surface area (Å²) in [6.45, 7) is 1.47. The Labute approximate surface area is 116 Å². The molecule has 0 aliphatic rings. The zero-order valence-corrected chi connectivity index (χ0v) is 11.8. The van der Waals surface area contributed by atoms with E-state index in [0.717, 1.165) is 0 Å². The second kappa shape index (κ2) is 8.06. The van der Waals surface area contributed by atoms with Gasteiger partial charge in [-0.3, -0.25) is 4.79 Å². The lowest BCUT2D eigenvalue weighted by molar-refractivity contribution is -0.120. The Morgan fingerprint density at radius 2 is 2.11 bits per heavy atom. The van der Waals surface area contributed by atoms with Crippen LogP contribution in [0, 0.1) is 13.8 Å². The van der Waals surface area contributed by atoms with E-state index in [1.807, 2.05) is 0 Å². The highest BCUT2D eigenvalue weighted by atomic mass is 35.5. The molecule has 0 aliphatic carbocycles. The molecular formula is C11H19ClF2N4O. The first-order valence-electron chi connectivity index (χ1n) is 5.76. The molecule has 0 fully saturated rings. The van der Waals surface area contributed by atoms with Crippen LogP contribution in [0.5, 0.6) is 0 Å². The molecule has 3 N–H and O–H groups in total. The van der Waals surface area contributed by atoms with Gasteiger partial charge in [-0.05, 0) is 26.8 Å². The van der Waals surface area contributed by atoms with Crippen LogP contribution in [0.25, 0.3) is 0 Å². The molecule has 0 atom stereocenters. The first-order chi connectivity index (χ1) is 8.47. The third kappa shape index (κ3) is 4.76. The fourth-order valence-electron chi connectivity index (χ4n) is 1.70. The summed E-state index contributed by atoms with van der Waals surface area (Å²) in [5.41, 5.74) is 6.65. The number of hydrogen-bond donors (Lipinski definition) is 2. The zero-order valence-electron chi connectivity index (χ0n) is 10.9. The monoisotopic (exact) mass is 296 g/mol. The molecule has 1 aromatic rings. The molecule has 0 aliphatic heterocycles. The minimum atomic E-state index is -2.68. The first-order valence-corrected chi connectivity index (χ1v) is 5.76. The van der Waals surface area contributed by atoms with Crippen molar-refractivity contribution in [3.63, 3.8) is 0 Å². The van der Waals surface area contributed by atoms with Gasteiger partial charge in [-0.25, -0.2) is 4.68 Å². The van der Waals surface area contributed by atoms with E-state index >= 15 is 0 Å². The molecule has 0 spiro atoms. The van der Waals surface area contributed by atoms with Crippen LogP contribution in [0.15, 0.2) is 0 Å². The summed E-state index contributed by atoms with van der Waals surface area (Å²) in [5.74, 6) is -0.205. The van der Waals surface area contributed by atoms with Gasteiger partial charge in [0.1, 0.15) is 0 Å². The van der Waals surface area contributed by atoms with Crippen LogP contribution < -0.4 is 11.1 Å². The summed E-state index contributed by atoms with van der Waals surface area (Å²) in [6, 6.07) is 0. The summed E-state index contributed by atoms with van der Waals surface area (Å²) in [4.78, 5) is 11.6. The van der Waals surface area contributed by atoms with Crippen LogP contribution >= 0.6 is 12.4 Å². The van der Waals surface area contributed by atoms with E-state index in [9.17, 15) is 13.6 Å². The SMILES string of the molecule is Cc1nn(C(F)F)c(C)c1CC(=O)NCCCN.Cl. The molecule has 5 nitrogen and oxygen atoms in total. The van der Waals surface area contributed by atoms with Gasteiger partial charge in [0.25, 0.3) is 0 Å². The van der Waals surface area contributed by atoms with Gasteiger partial charge in [-0.15, -0.1) is 12.4 Å². The van der Waals surface area contributed by atoms with Gasteiger partial charge in [-0.1, -0.05) is 0 Å². The molecule has 0 bridgehead atoms. The summed E-state index contributed by atoms with van der Waals surface area (Å²) < 4.78 is 25.8. The van der Waals surface area contributed by atoms with Gasteiger partial charge >= 0.3 is 6.55 Å². The van der Waals surface area contributed by atoms with E-state index in [4.69, 9.17) is 5.73 Å². The van der Waals surface area contributed by atoms with Crippen molar-refractivity contribution in [1.29, 1.82) is 0 Å². The Hall–Kier alpha value is -1.21. The van der Waals surface area contributed by atoms with Crippen LogP contribution in [0.1, 0.15) is 29.9 Å². The molecule has 110 valence electrons. The van der Waals surface area contributed by atoms with Crippen LogP contribution in [-0.4, -0.2) is 28.8 Å². The van der Waals surface area contributed by atoms with E-state index in [-0.39, 0.29) is 24.7 Å². The number of aromatic nitrogens is 2. The van der Waals surface area contributed by atoms with Crippen LogP contribution in [0.4, 0.5) is 8.78 Å². The number of halogens is 3. The maximum absolute atomic E-state index is 12.6. The standard InChI is InChI=1S/C11H18F2N4O.ClH/c1-7-9(6-10(18)15-5-3-4-14)8(2)17(16-7)11(12)13;/h11H,3-6,14H2,1-2H3,(H,15,18);1H. The number of amides is 1. The molecule has 1 rings (SSSR count). The van der Waals surface area contributed by atoms with Crippen molar-refractivity contribution >= 4 is 18.3 Å². The van der Waals surface area contributed by atoms with Crippen LogP contribution in [-0.2, 0) is 11.2 Å². The summed E-state index contributed by atoms with van der Waals surface area (Å²) in [7, 11) is 0. The van der Waals surface area contributed by atoms with Crippen molar-refractivity contribution in [3.8, 4) is 0 Å². The molecule has 0 unspecified atom stereocenters. The summed E-state index contributed by atoms with van der Waals surface area (Å²) >= 11 is 0. The Kier molecular flexibility index (Phi) is 7.55. The number of alkyl halides is 2. The first kappa shape index (κ1) is 17.8. The second-order valence-corrected chi connectivity index (χ2v) is 4.04. The van der Waals surface area contributed by atoms with Crippen molar-refractivity contribution in [2.24, 2.45) is 5.73 Å². The van der Waals surface area contributed by atoms with E-state index in [1.165, 1.54) is 6.92 Å². The highest BCUT2D eigenvalue weighted by Crippen LogP contribution is 2.19. The lowest BCUT2D eigenvalue weighted by Crippen LogP contribution is -2.27. The maximum Gasteiger partial charge on any atom is 0.333 e. The molecular weight excluding hydrogens is 278 g/mol. The van der Waals surface area contributed by atoms with Gasteiger partial charge in [0.2, 0.25) is 5.91 Å². The van der Waals surface area contributed by atoms with E-state index in [0.29, 0.717) is 41.1 Å². The maximum atomic E-state index is 12.6. The van der Waals surface area contributed by atoms with Gasteiger partial charge in [0.05, 0.1) is 12.1 Å². The lowest BCUT2D eigenvalue weighted by atomic mass is 10.1. The normalized spacial score (nSPS) is 10.4. The van der Waals surface area contributed by atoms with Crippen LogP contribution in [0.2, 0.25) is 0 Å². The predicted octanol–water partition coefficient (Wildman–Crippen LogP) is 1.32. The molecule has 0 radical (unpaired) electrons. The Balaban J connectivity index is 0.00000324. The minimum Gasteiger partial charge on any atom is -0.356 e. The van der Waals surface area contributed by atoms with Crippen molar-refractivity contribution in [2.45, 2.75) is 33.2 Å².